The number of rotatable bonds is 8. The van der Waals surface area contributed by atoms with Gasteiger partial charge in [-0.1, -0.05) is 30.3 Å². The first-order valence-electron chi connectivity index (χ1n) is 9.23. The van der Waals surface area contributed by atoms with E-state index in [4.69, 9.17) is 15.6 Å². The molecule has 1 fully saturated rings. The van der Waals surface area contributed by atoms with Gasteiger partial charge in [-0.15, -0.1) is 0 Å². The summed E-state index contributed by atoms with van der Waals surface area (Å²) in [4.78, 5) is 26.7. The largest absolute Gasteiger partial charge is 0.465 e. The smallest absolute Gasteiger partial charge is 0.410 e. The fraction of sp³-hybridized carbons (Fsp3) is 0.579. The van der Waals surface area contributed by atoms with Crippen molar-refractivity contribution >= 4 is 12.2 Å². The normalized spacial score (nSPS) is 14.9. The van der Waals surface area contributed by atoms with Crippen LogP contribution in [0.4, 0.5) is 9.59 Å². The lowest BCUT2D eigenvalue weighted by molar-refractivity contribution is 0.0789. The summed E-state index contributed by atoms with van der Waals surface area (Å²) in [5, 5.41) is 9.05. The first kappa shape index (κ1) is 20.0. The van der Waals surface area contributed by atoms with Gasteiger partial charge in [-0.2, -0.15) is 0 Å². The van der Waals surface area contributed by atoms with Crippen molar-refractivity contribution in [3.63, 3.8) is 0 Å². The van der Waals surface area contributed by atoms with Gasteiger partial charge in [0.05, 0.1) is 0 Å². The van der Waals surface area contributed by atoms with E-state index < -0.39 is 6.09 Å². The summed E-state index contributed by atoms with van der Waals surface area (Å²) >= 11 is 0. The minimum absolute atomic E-state index is 0.254. The van der Waals surface area contributed by atoms with E-state index in [1.807, 2.05) is 30.3 Å². The van der Waals surface area contributed by atoms with Gasteiger partial charge in [0, 0.05) is 26.2 Å². The molecule has 0 aliphatic carbocycles. The third-order valence-electron chi connectivity index (χ3n) is 4.71. The highest BCUT2D eigenvalue weighted by Crippen LogP contribution is 2.19. The Hall–Kier alpha value is -2.28. The number of nitrogens with zero attached hydrogens (tertiary/aromatic N) is 2. The molecule has 3 N–H and O–H groups in total. The van der Waals surface area contributed by atoms with Gasteiger partial charge in [-0.05, 0) is 43.7 Å². The molecule has 0 saturated carbocycles. The zero-order valence-electron chi connectivity index (χ0n) is 15.2. The predicted octanol–water partition coefficient (Wildman–Crippen LogP) is 2.75. The molecule has 26 heavy (non-hydrogen) atoms. The number of hydrogen-bond donors (Lipinski definition) is 2. The van der Waals surface area contributed by atoms with E-state index in [2.05, 4.69) is 0 Å². The molecule has 7 nitrogen and oxygen atoms in total. The van der Waals surface area contributed by atoms with Crippen LogP contribution in [0.25, 0.3) is 0 Å². The Morgan fingerprint density at radius 1 is 1.19 bits per heavy atom. The molecule has 0 bridgehead atoms. The molecule has 144 valence electrons. The maximum atomic E-state index is 12.5. The lowest BCUT2D eigenvalue weighted by Crippen LogP contribution is -2.43. The van der Waals surface area contributed by atoms with Crippen molar-refractivity contribution in [2.45, 2.75) is 32.3 Å². The Bertz CT molecular complexity index is 559. The average Bonchev–Trinajstić information content (AvgIpc) is 2.66. The Labute approximate surface area is 154 Å². The van der Waals surface area contributed by atoms with Gasteiger partial charge in [0.25, 0.3) is 0 Å². The topological polar surface area (TPSA) is 96.1 Å². The van der Waals surface area contributed by atoms with Crippen LogP contribution in [0.1, 0.15) is 31.2 Å². The molecule has 0 aromatic heterocycles. The number of carbonyl (C=O) groups excluding carboxylic acids is 1. The summed E-state index contributed by atoms with van der Waals surface area (Å²) in [6.07, 6.45) is 2.05. The summed E-state index contributed by atoms with van der Waals surface area (Å²) in [5.74, 6) is 0.299. The quantitative estimate of drug-likeness (QED) is 0.692. The zero-order valence-corrected chi connectivity index (χ0v) is 15.2. The Morgan fingerprint density at radius 2 is 1.88 bits per heavy atom. The first-order chi connectivity index (χ1) is 12.6. The van der Waals surface area contributed by atoms with Gasteiger partial charge in [0.1, 0.15) is 6.61 Å². The van der Waals surface area contributed by atoms with Crippen LogP contribution < -0.4 is 5.73 Å². The maximum absolute atomic E-state index is 12.5. The second-order valence-corrected chi connectivity index (χ2v) is 6.69. The van der Waals surface area contributed by atoms with Gasteiger partial charge < -0.3 is 25.4 Å². The number of nitrogens with two attached hydrogens (primary N) is 1. The highest BCUT2D eigenvalue weighted by atomic mass is 16.6. The molecule has 1 heterocycles. The maximum Gasteiger partial charge on any atom is 0.410 e. The van der Waals surface area contributed by atoms with E-state index in [0.717, 1.165) is 31.2 Å². The van der Waals surface area contributed by atoms with Crippen molar-refractivity contribution in [3.05, 3.63) is 35.9 Å². The van der Waals surface area contributed by atoms with Gasteiger partial charge in [0.2, 0.25) is 0 Å². The average molecular weight is 363 g/mol. The molecule has 0 spiro atoms. The number of carbonyl (C=O) groups is 2. The second-order valence-electron chi connectivity index (χ2n) is 6.69. The van der Waals surface area contributed by atoms with E-state index in [0.29, 0.717) is 38.6 Å². The van der Waals surface area contributed by atoms with Gasteiger partial charge in [-0.25, -0.2) is 9.59 Å². The minimum atomic E-state index is -0.870. The number of carboxylic acid groups (broad SMARTS) is 1. The number of ether oxygens (including phenoxy) is 1. The lowest BCUT2D eigenvalue weighted by Gasteiger charge is -2.33. The zero-order chi connectivity index (χ0) is 18.8. The standard InChI is InChI=1S/C19H29N3O4/c20-10-4-5-11-22(14-16-8-12-21(13-9-16)18(23)24)19(25)26-15-17-6-2-1-3-7-17/h1-3,6-7,16H,4-5,8-15,20H2,(H,23,24). The van der Waals surface area contributed by atoms with E-state index in [-0.39, 0.29) is 12.7 Å². The molecule has 0 unspecified atom stereocenters. The number of piperidine rings is 1. The molecule has 0 atom stereocenters. The van der Waals surface area contributed by atoms with Crippen LogP contribution in [-0.4, -0.2) is 59.8 Å². The van der Waals surface area contributed by atoms with Gasteiger partial charge >= 0.3 is 12.2 Å². The molecular weight excluding hydrogens is 334 g/mol. The van der Waals surface area contributed by atoms with E-state index >= 15 is 0 Å². The molecule has 1 aromatic rings. The highest BCUT2D eigenvalue weighted by Gasteiger charge is 2.26. The number of amides is 2. The van der Waals surface area contributed by atoms with Crippen LogP contribution in [0.15, 0.2) is 30.3 Å². The van der Waals surface area contributed by atoms with Crippen molar-refractivity contribution in [1.29, 1.82) is 0 Å². The number of unbranched alkanes of at least 4 members (excludes halogenated alkanes) is 1. The highest BCUT2D eigenvalue weighted by molar-refractivity contribution is 5.67. The van der Waals surface area contributed by atoms with Crippen LogP contribution in [0, 0.1) is 5.92 Å². The van der Waals surface area contributed by atoms with Crippen molar-refractivity contribution in [2.75, 3.05) is 32.7 Å². The van der Waals surface area contributed by atoms with Gasteiger partial charge in [0.15, 0.2) is 0 Å². The van der Waals surface area contributed by atoms with Crippen molar-refractivity contribution in [1.82, 2.24) is 9.80 Å². The molecule has 0 radical (unpaired) electrons. The molecular formula is C19H29N3O4. The molecule has 1 saturated heterocycles. The first-order valence-corrected chi connectivity index (χ1v) is 9.23. The predicted molar refractivity (Wildman–Crippen MR) is 98.8 cm³/mol. The van der Waals surface area contributed by atoms with Crippen molar-refractivity contribution < 1.29 is 19.4 Å². The molecule has 2 amide bonds. The third kappa shape index (κ3) is 6.55. The summed E-state index contributed by atoms with van der Waals surface area (Å²) in [7, 11) is 0. The molecule has 1 aliphatic rings. The summed E-state index contributed by atoms with van der Waals surface area (Å²) < 4.78 is 5.47. The fourth-order valence-electron chi connectivity index (χ4n) is 3.13. The van der Waals surface area contributed by atoms with Crippen LogP contribution in [-0.2, 0) is 11.3 Å². The lowest BCUT2D eigenvalue weighted by atomic mass is 9.96. The van der Waals surface area contributed by atoms with Crippen LogP contribution in [0.2, 0.25) is 0 Å². The summed E-state index contributed by atoms with van der Waals surface area (Å²) in [6.45, 7) is 3.12. The Morgan fingerprint density at radius 3 is 2.50 bits per heavy atom. The molecule has 2 rings (SSSR count). The Balaban J connectivity index is 1.85. The van der Waals surface area contributed by atoms with Gasteiger partial charge in [-0.3, -0.25) is 0 Å². The third-order valence-corrected chi connectivity index (χ3v) is 4.71. The number of hydrogen-bond acceptors (Lipinski definition) is 4. The van der Waals surface area contributed by atoms with Crippen LogP contribution in [0.3, 0.4) is 0 Å². The van der Waals surface area contributed by atoms with Crippen molar-refractivity contribution in [3.8, 4) is 0 Å². The fourth-order valence-corrected chi connectivity index (χ4v) is 3.13. The number of benzene rings is 1. The summed E-state index contributed by atoms with van der Waals surface area (Å²) in [5.41, 5.74) is 6.51. The molecule has 1 aromatic carbocycles. The SMILES string of the molecule is NCCCCN(CC1CCN(C(=O)O)CC1)C(=O)OCc1ccccc1. The minimum Gasteiger partial charge on any atom is -0.465 e. The van der Waals surface area contributed by atoms with E-state index in [1.54, 1.807) is 4.90 Å². The van der Waals surface area contributed by atoms with E-state index in [1.165, 1.54) is 4.90 Å². The second kappa shape index (κ2) is 10.7. The summed E-state index contributed by atoms with van der Waals surface area (Å²) in [6, 6.07) is 9.60. The molecule has 1 aliphatic heterocycles. The molecule has 7 heteroatoms. The van der Waals surface area contributed by atoms with Crippen LogP contribution in [0.5, 0.6) is 0 Å². The van der Waals surface area contributed by atoms with Crippen molar-refractivity contribution in [2.24, 2.45) is 11.7 Å². The Kier molecular flexibility index (Phi) is 8.21. The number of likely N-dealkylation sites (tertiary alicyclic amines) is 1. The van der Waals surface area contributed by atoms with Crippen LogP contribution >= 0.6 is 0 Å². The van der Waals surface area contributed by atoms with E-state index in [9.17, 15) is 9.59 Å². The monoisotopic (exact) mass is 363 g/mol.